The van der Waals surface area contributed by atoms with Crippen molar-refractivity contribution in [3.05, 3.63) is 0 Å². The van der Waals surface area contributed by atoms with Gasteiger partial charge in [-0.2, -0.15) is 0 Å². The first-order valence-corrected chi connectivity index (χ1v) is 13.8. The molecule has 41 heavy (non-hydrogen) atoms. The largest absolute Gasteiger partial charge is 0.469 e. The van der Waals surface area contributed by atoms with E-state index in [-0.39, 0.29) is 25.6 Å². The second-order valence-electron chi connectivity index (χ2n) is 10.5. The Bertz CT molecular complexity index is 828. The van der Waals surface area contributed by atoms with Crippen LogP contribution in [0.2, 0.25) is 0 Å². The molecule has 3 aliphatic rings. The average molecular weight is 595 g/mol. The molecule has 0 aromatic heterocycles. The molecule has 14 heteroatoms. The highest BCUT2D eigenvalue weighted by Crippen LogP contribution is 2.35. The summed E-state index contributed by atoms with van der Waals surface area (Å²) in [7, 11) is 7.33. The van der Waals surface area contributed by atoms with Crippen LogP contribution in [-0.4, -0.2) is 139 Å². The van der Waals surface area contributed by atoms with E-state index in [1.165, 1.54) is 42.5 Å². The number of aliphatic hydroxyl groups is 1. The first kappa shape index (κ1) is 34.0. The van der Waals surface area contributed by atoms with Crippen LogP contribution in [0.5, 0.6) is 0 Å². The van der Waals surface area contributed by atoms with Crippen molar-refractivity contribution in [2.45, 2.75) is 107 Å². The van der Waals surface area contributed by atoms with Gasteiger partial charge < -0.3 is 57.2 Å². The smallest absolute Gasteiger partial charge is 0.308 e. The molecule has 0 amide bonds. The average Bonchev–Trinajstić information content (AvgIpc) is 2.95. The summed E-state index contributed by atoms with van der Waals surface area (Å²) in [5, 5.41) is 10.5. The highest BCUT2D eigenvalue weighted by atomic mass is 16.8. The lowest BCUT2D eigenvalue weighted by atomic mass is 9.88. The van der Waals surface area contributed by atoms with Crippen molar-refractivity contribution in [3.8, 4) is 0 Å². The molecule has 3 heterocycles. The van der Waals surface area contributed by atoms with Gasteiger partial charge in [-0.05, 0) is 6.92 Å². The zero-order valence-electron chi connectivity index (χ0n) is 25.1. The Balaban J connectivity index is 1.79. The number of carbonyl (C=O) groups is 2. The van der Waals surface area contributed by atoms with Crippen molar-refractivity contribution < 1.29 is 66.8 Å². The van der Waals surface area contributed by atoms with E-state index in [1.54, 1.807) is 6.92 Å². The van der Waals surface area contributed by atoms with Crippen LogP contribution in [0.25, 0.3) is 0 Å². The summed E-state index contributed by atoms with van der Waals surface area (Å²) in [6.45, 7) is 5.09. The molecule has 3 saturated heterocycles. The number of aliphatic hydroxyl groups excluding tert-OH is 1. The summed E-state index contributed by atoms with van der Waals surface area (Å²) in [5.74, 6) is -1.11. The Morgan fingerprint density at radius 1 is 0.829 bits per heavy atom. The monoisotopic (exact) mass is 594 g/mol. The van der Waals surface area contributed by atoms with Gasteiger partial charge in [-0.1, -0.05) is 6.92 Å². The lowest BCUT2D eigenvalue weighted by molar-refractivity contribution is -0.358. The van der Waals surface area contributed by atoms with Gasteiger partial charge in [0.25, 0.3) is 0 Å². The molecule has 14 nitrogen and oxygen atoms in total. The number of esters is 2. The number of ether oxygens (including phenoxy) is 11. The number of hydrogen-bond acceptors (Lipinski definition) is 14. The van der Waals surface area contributed by atoms with Gasteiger partial charge >= 0.3 is 11.9 Å². The van der Waals surface area contributed by atoms with Crippen LogP contribution in [-0.2, 0) is 61.7 Å². The van der Waals surface area contributed by atoms with E-state index >= 15 is 0 Å². The SMILES string of the molecule is COC(=O)C[C@H]1O[C@@H](COC(C)=O)C[C@@H](O[C@@H]2OC[C@@H](OC)[C@H](O[C@@H]3O[C@@H](C)[C@@H](O)[C@@H](OC)[C@@H]3OC)[C@H]2OC)[C@@H]1C. The van der Waals surface area contributed by atoms with Gasteiger partial charge in [-0.25, -0.2) is 0 Å². The topological polar surface area (TPSA) is 156 Å². The quantitative estimate of drug-likeness (QED) is 0.306. The van der Waals surface area contributed by atoms with Crippen molar-refractivity contribution in [1.82, 2.24) is 0 Å². The second-order valence-corrected chi connectivity index (χ2v) is 10.5. The maximum Gasteiger partial charge on any atom is 0.308 e. The van der Waals surface area contributed by atoms with Crippen LogP contribution in [0, 0.1) is 5.92 Å². The fourth-order valence-corrected chi connectivity index (χ4v) is 5.53. The molecule has 0 spiro atoms. The predicted molar refractivity (Wildman–Crippen MR) is 139 cm³/mol. The fourth-order valence-electron chi connectivity index (χ4n) is 5.53. The molecule has 0 bridgehead atoms. The van der Waals surface area contributed by atoms with Crippen LogP contribution in [0.3, 0.4) is 0 Å². The Morgan fingerprint density at radius 3 is 2.07 bits per heavy atom. The van der Waals surface area contributed by atoms with E-state index in [1.807, 2.05) is 6.92 Å². The van der Waals surface area contributed by atoms with Gasteiger partial charge in [0.15, 0.2) is 12.6 Å². The van der Waals surface area contributed by atoms with Gasteiger partial charge in [0, 0.05) is 47.7 Å². The van der Waals surface area contributed by atoms with E-state index in [0.29, 0.717) is 6.42 Å². The minimum Gasteiger partial charge on any atom is -0.469 e. The molecule has 0 aromatic carbocycles. The maximum atomic E-state index is 12.1. The molecule has 1 N–H and O–H groups in total. The van der Waals surface area contributed by atoms with Gasteiger partial charge in [0.2, 0.25) is 0 Å². The van der Waals surface area contributed by atoms with Crippen LogP contribution >= 0.6 is 0 Å². The summed E-state index contributed by atoms with van der Waals surface area (Å²) in [4.78, 5) is 23.5. The molecule has 3 fully saturated rings. The van der Waals surface area contributed by atoms with E-state index < -0.39 is 85.6 Å². The molecule has 0 unspecified atom stereocenters. The van der Waals surface area contributed by atoms with Gasteiger partial charge in [-0.15, -0.1) is 0 Å². The second kappa shape index (κ2) is 15.8. The zero-order chi connectivity index (χ0) is 30.3. The minimum atomic E-state index is -0.917. The van der Waals surface area contributed by atoms with Gasteiger partial charge in [0.05, 0.1) is 44.6 Å². The van der Waals surface area contributed by atoms with Crippen LogP contribution in [0.1, 0.15) is 33.6 Å². The molecule has 0 radical (unpaired) electrons. The lowest BCUT2D eigenvalue weighted by Crippen LogP contribution is -2.63. The molecule has 3 aliphatic heterocycles. The number of rotatable bonds is 12. The van der Waals surface area contributed by atoms with E-state index in [2.05, 4.69) is 0 Å². The highest BCUT2D eigenvalue weighted by Gasteiger charge is 2.51. The third-order valence-electron chi connectivity index (χ3n) is 7.96. The molecule has 0 aromatic rings. The molecular weight excluding hydrogens is 548 g/mol. The molecule has 0 saturated carbocycles. The van der Waals surface area contributed by atoms with Crippen molar-refractivity contribution in [3.63, 3.8) is 0 Å². The Hall–Kier alpha value is -1.46. The Kier molecular flexibility index (Phi) is 13.2. The molecule has 0 aliphatic carbocycles. The van der Waals surface area contributed by atoms with Crippen LogP contribution < -0.4 is 0 Å². The molecule has 13 atom stereocenters. The minimum absolute atomic E-state index is 0.00688. The summed E-state index contributed by atoms with van der Waals surface area (Å²) in [6.07, 6.45) is -7.87. The fraction of sp³-hybridized carbons (Fsp3) is 0.926. The van der Waals surface area contributed by atoms with E-state index in [0.717, 1.165) is 0 Å². The standard InChI is InChI=1S/C27H46O14/c1-13-17(9-16(11-36-15(3)28)39-18(13)10-20(29)32-5)40-26-24(34-7)22(19(31-4)12-37-26)41-27-25(35-8)23(33-6)21(30)14(2)38-27/h13-14,16-19,21-27,30H,9-12H2,1-8H3/t13-,14-,16+,17+,18+,19+,21+,22-,23+,24+,25-,26-,27-/m0/s1. The zero-order valence-corrected chi connectivity index (χ0v) is 25.1. The first-order chi connectivity index (χ1) is 19.6. The normalized spacial score (nSPS) is 41.5. The first-order valence-electron chi connectivity index (χ1n) is 13.8. The molecule has 238 valence electrons. The summed E-state index contributed by atoms with van der Waals surface area (Å²) in [6, 6.07) is 0. The molecule has 3 rings (SSSR count). The van der Waals surface area contributed by atoms with Crippen molar-refractivity contribution in [2.75, 3.05) is 48.8 Å². The van der Waals surface area contributed by atoms with Gasteiger partial charge in [-0.3, -0.25) is 9.59 Å². The van der Waals surface area contributed by atoms with E-state index in [9.17, 15) is 14.7 Å². The third kappa shape index (κ3) is 8.34. The summed E-state index contributed by atoms with van der Waals surface area (Å²) >= 11 is 0. The van der Waals surface area contributed by atoms with Crippen molar-refractivity contribution >= 4 is 11.9 Å². The Morgan fingerprint density at radius 2 is 1.49 bits per heavy atom. The highest BCUT2D eigenvalue weighted by molar-refractivity contribution is 5.69. The van der Waals surface area contributed by atoms with Crippen LogP contribution in [0.4, 0.5) is 0 Å². The lowest BCUT2D eigenvalue weighted by Gasteiger charge is -2.48. The predicted octanol–water partition coefficient (Wildman–Crippen LogP) is 0.199. The van der Waals surface area contributed by atoms with Crippen molar-refractivity contribution in [2.24, 2.45) is 5.92 Å². The third-order valence-corrected chi connectivity index (χ3v) is 7.96. The number of hydrogen-bond donors (Lipinski definition) is 1. The van der Waals surface area contributed by atoms with E-state index in [4.69, 9.17) is 52.1 Å². The van der Waals surface area contributed by atoms with Gasteiger partial charge in [0.1, 0.15) is 43.2 Å². The maximum absolute atomic E-state index is 12.1. The Labute approximate surface area is 241 Å². The number of methoxy groups -OCH3 is 5. The van der Waals surface area contributed by atoms with Crippen molar-refractivity contribution in [1.29, 1.82) is 0 Å². The summed E-state index contributed by atoms with van der Waals surface area (Å²) in [5.41, 5.74) is 0. The molecular formula is C27H46O14. The van der Waals surface area contributed by atoms with Crippen LogP contribution in [0.15, 0.2) is 0 Å². The summed E-state index contributed by atoms with van der Waals surface area (Å²) < 4.78 is 63.7. The number of carbonyl (C=O) groups excluding carboxylic acids is 2.